The number of rotatable bonds is 3. The zero-order valence-corrected chi connectivity index (χ0v) is 14.7. The Kier molecular flexibility index (Phi) is 4.49. The quantitative estimate of drug-likeness (QED) is 0.771. The molecule has 2 aromatic carbocycles. The van der Waals surface area contributed by atoms with Crippen molar-refractivity contribution in [3.05, 3.63) is 77.3 Å². The van der Waals surface area contributed by atoms with Crippen LogP contribution in [0.25, 0.3) is 6.08 Å². The SMILES string of the molecule is O=C1N(Cc2ccc(F)cc2)O/C(=C\c2ccccc2)C12CCCCC2. The molecule has 1 spiro atoms. The lowest BCUT2D eigenvalue weighted by Gasteiger charge is -2.29. The first-order valence-corrected chi connectivity index (χ1v) is 9.19. The van der Waals surface area contributed by atoms with Gasteiger partial charge in [-0.3, -0.25) is 4.79 Å². The van der Waals surface area contributed by atoms with E-state index in [0.717, 1.165) is 49.0 Å². The van der Waals surface area contributed by atoms with E-state index in [1.807, 2.05) is 36.4 Å². The Morgan fingerprint density at radius 1 is 1.00 bits per heavy atom. The van der Waals surface area contributed by atoms with Crippen LogP contribution in [0.5, 0.6) is 0 Å². The standard InChI is InChI=1S/C22H22FNO2/c23-19-11-9-18(10-12-19)16-24-21(25)22(13-5-2-6-14-22)20(26-24)15-17-7-3-1-4-8-17/h1,3-4,7-12,15H,2,5-6,13-14,16H2/b20-15-. The van der Waals surface area contributed by atoms with Crippen molar-refractivity contribution in [2.45, 2.75) is 38.6 Å². The van der Waals surface area contributed by atoms with E-state index in [1.165, 1.54) is 17.2 Å². The van der Waals surface area contributed by atoms with Gasteiger partial charge in [0.15, 0.2) is 0 Å². The maximum absolute atomic E-state index is 13.2. The van der Waals surface area contributed by atoms with Crippen LogP contribution in [-0.2, 0) is 16.2 Å². The Labute approximate surface area is 153 Å². The fourth-order valence-electron chi connectivity index (χ4n) is 3.93. The van der Waals surface area contributed by atoms with Gasteiger partial charge >= 0.3 is 0 Å². The van der Waals surface area contributed by atoms with E-state index in [2.05, 4.69) is 0 Å². The summed E-state index contributed by atoms with van der Waals surface area (Å²) in [7, 11) is 0. The van der Waals surface area contributed by atoms with Crippen LogP contribution in [0.15, 0.2) is 60.4 Å². The van der Waals surface area contributed by atoms with Gasteiger partial charge in [-0.1, -0.05) is 61.7 Å². The molecule has 0 unspecified atom stereocenters. The molecule has 1 aliphatic heterocycles. The highest BCUT2D eigenvalue weighted by molar-refractivity contribution is 5.88. The summed E-state index contributed by atoms with van der Waals surface area (Å²) in [6.45, 7) is 0.326. The lowest BCUT2D eigenvalue weighted by molar-refractivity contribution is -0.160. The molecule has 1 saturated carbocycles. The first-order valence-electron chi connectivity index (χ1n) is 9.19. The largest absolute Gasteiger partial charge is 0.380 e. The number of carbonyl (C=O) groups excluding carboxylic acids is 1. The predicted molar refractivity (Wildman–Crippen MR) is 98.0 cm³/mol. The first kappa shape index (κ1) is 16.8. The summed E-state index contributed by atoms with van der Waals surface area (Å²) >= 11 is 0. The van der Waals surface area contributed by atoms with Gasteiger partial charge in [0.2, 0.25) is 0 Å². The summed E-state index contributed by atoms with van der Waals surface area (Å²) in [5, 5.41) is 1.45. The molecule has 3 nitrogen and oxygen atoms in total. The van der Waals surface area contributed by atoms with Crippen LogP contribution in [0, 0.1) is 11.2 Å². The number of amides is 1. The number of carbonyl (C=O) groups is 1. The molecule has 1 aliphatic carbocycles. The Hall–Kier alpha value is -2.62. The van der Waals surface area contributed by atoms with Crippen molar-refractivity contribution < 1.29 is 14.0 Å². The highest BCUT2D eigenvalue weighted by Crippen LogP contribution is 2.49. The molecule has 0 bridgehead atoms. The predicted octanol–water partition coefficient (Wildman–Crippen LogP) is 5.09. The molecule has 0 aromatic heterocycles. The van der Waals surface area contributed by atoms with Crippen molar-refractivity contribution in [1.82, 2.24) is 5.06 Å². The number of halogens is 1. The minimum absolute atomic E-state index is 0.0312. The molecule has 1 saturated heterocycles. The van der Waals surface area contributed by atoms with Crippen LogP contribution in [0.4, 0.5) is 4.39 Å². The van der Waals surface area contributed by atoms with Crippen LogP contribution in [0.1, 0.15) is 43.2 Å². The van der Waals surface area contributed by atoms with Crippen molar-refractivity contribution >= 4 is 12.0 Å². The molecule has 0 atom stereocenters. The topological polar surface area (TPSA) is 29.5 Å². The number of nitrogens with zero attached hydrogens (tertiary/aromatic N) is 1. The molecule has 0 radical (unpaired) electrons. The molecule has 4 rings (SSSR count). The monoisotopic (exact) mass is 351 g/mol. The van der Waals surface area contributed by atoms with Gasteiger partial charge in [0.25, 0.3) is 5.91 Å². The molecule has 1 amide bonds. The minimum Gasteiger partial charge on any atom is -0.380 e. The van der Waals surface area contributed by atoms with Gasteiger partial charge in [-0.25, -0.2) is 4.39 Å². The number of hydrogen-bond donors (Lipinski definition) is 0. The average Bonchev–Trinajstić information content (AvgIpc) is 2.91. The van der Waals surface area contributed by atoms with E-state index < -0.39 is 5.41 Å². The smallest absolute Gasteiger partial charge is 0.269 e. The Morgan fingerprint density at radius 3 is 2.38 bits per heavy atom. The van der Waals surface area contributed by atoms with Crippen LogP contribution < -0.4 is 0 Å². The van der Waals surface area contributed by atoms with Gasteiger partial charge in [-0.15, -0.1) is 0 Å². The molecule has 134 valence electrons. The second-order valence-corrected chi connectivity index (χ2v) is 7.12. The van der Waals surface area contributed by atoms with Gasteiger partial charge in [-0.2, -0.15) is 5.06 Å². The van der Waals surface area contributed by atoms with Crippen molar-refractivity contribution in [2.75, 3.05) is 0 Å². The van der Waals surface area contributed by atoms with E-state index in [4.69, 9.17) is 4.84 Å². The van der Waals surface area contributed by atoms with Gasteiger partial charge in [0.05, 0.1) is 6.54 Å². The summed E-state index contributed by atoms with van der Waals surface area (Å²) in [5.74, 6) is 0.495. The van der Waals surface area contributed by atoms with E-state index in [1.54, 1.807) is 12.1 Å². The molecule has 2 aliphatic rings. The molecular weight excluding hydrogens is 329 g/mol. The van der Waals surface area contributed by atoms with Gasteiger partial charge in [0, 0.05) is 0 Å². The fourth-order valence-corrected chi connectivity index (χ4v) is 3.93. The summed E-state index contributed by atoms with van der Waals surface area (Å²) in [6.07, 6.45) is 6.87. The average molecular weight is 351 g/mol. The molecule has 0 N–H and O–H groups in total. The third-order valence-electron chi connectivity index (χ3n) is 5.36. The Balaban J connectivity index is 1.65. The molecular formula is C22H22FNO2. The zero-order valence-electron chi connectivity index (χ0n) is 14.7. The van der Waals surface area contributed by atoms with Crippen LogP contribution in [-0.4, -0.2) is 11.0 Å². The van der Waals surface area contributed by atoms with Crippen molar-refractivity contribution in [2.24, 2.45) is 5.41 Å². The normalized spacial score (nSPS) is 20.6. The van der Waals surface area contributed by atoms with E-state index in [-0.39, 0.29) is 11.7 Å². The van der Waals surface area contributed by atoms with Gasteiger partial charge in [-0.05, 0) is 42.2 Å². The van der Waals surface area contributed by atoms with Crippen LogP contribution in [0.3, 0.4) is 0 Å². The van der Waals surface area contributed by atoms with Crippen molar-refractivity contribution in [3.63, 3.8) is 0 Å². The molecule has 1 heterocycles. The number of hydroxylamine groups is 2. The number of hydrogen-bond acceptors (Lipinski definition) is 2. The second-order valence-electron chi connectivity index (χ2n) is 7.12. The summed E-state index contributed by atoms with van der Waals surface area (Å²) in [6, 6.07) is 16.2. The van der Waals surface area contributed by atoms with Crippen molar-refractivity contribution in [1.29, 1.82) is 0 Å². The minimum atomic E-state index is -0.547. The maximum atomic E-state index is 13.2. The third-order valence-corrected chi connectivity index (χ3v) is 5.36. The maximum Gasteiger partial charge on any atom is 0.269 e. The van der Waals surface area contributed by atoms with Crippen LogP contribution >= 0.6 is 0 Å². The molecule has 26 heavy (non-hydrogen) atoms. The zero-order chi connectivity index (χ0) is 18.0. The molecule has 2 fully saturated rings. The highest BCUT2D eigenvalue weighted by atomic mass is 19.1. The highest BCUT2D eigenvalue weighted by Gasteiger charge is 2.53. The van der Waals surface area contributed by atoms with E-state index in [0.29, 0.717) is 6.54 Å². The van der Waals surface area contributed by atoms with E-state index in [9.17, 15) is 9.18 Å². The summed E-state index contributed by atoms with van der Waals surface area (Å²) < 4.78 is 13.1. The van der Waals surface area contributed by atoms with Crippen molar-refractivity contribution in [3.8, 4) is 0 Å². The third kappa shape index (κ3) is 3.12. The van der Waals surface area contributed by atoms with E-state index >= 15 is 0 Å². The molecule has 2 aromatic rings. The summed E-state index contributed by atoms with van der Waals surface area (Å²) in [5.41, 5.74) is 1.34. The second kappa shape index (κ2) is 6.94. The Bertz CT molecular complexity index is 808. The van der Waals surface area contributed by atoms with Gasteiger partial charge in [0.1, 0.15) is 17.0 Å². The van der Waals surface area contributed by atoms with Crippen LogP contribution in [0.2, 0.25) is 0 Å². The fraction of sp³-hybridized carbons (Fsp3) is 0.318. The van der Waals surface area contributed by atoms with Gasteiger partial charge < -0.3 is 4.84 Å². The lowest BCUT2D eigenvalue weighted by atomic mass is 9.72. The molecule has 4 heteroatoms. The summed E-state index contributed by atoms with van der Waals surface area (Å²) in [4.78, 5) is 19.3. The lowest BCUT2D eigenvalue weighted by Crippen LogP contribution is -2.36. The first-order chi connectivity index (χ1) is 12.7. The Morgan fingerprint density at radius 2 is 1.69 bits per heavy atom. The number of benzene rings is 2.